The van der Waals surface area contributed by atoms with Crippen molar-refractivity contribution in [1.29, 1.82) is 0 Å². The number of hydrogen-bond donors (Lipinski definition) is 1. The standard InChI is InChI=1S/C22H19F3N2O4S2/c23-17-5-1-3-15(11-17)14-32(28,29)27-10-2-4-16-6-7-18(12-22(16)27)26-33(30,31)19-8-9-20(24)21(25)13-19/h1,3,5-9,11-13,26H,2,4,10,14H2. The van der Waals surface area contributed by atoms with E-state index in [1.165, 1.54) is 34.6 Å². The zero-order valence-corrected chi connectivity index (χ0v) is 18.8. The Kier molecular flexibility index (Phi) is 6.10. The van der Waals surface area contributed by atoms with Gasteiger partial charge in [-0.2, -0.15) is 0 Å². The highest BCUT2D eigenvalue weighted by atomic mass is 32.2. The number of anilines is 2. The van der Waals surface area contributed by atoms with Crippen molar-refractivity contribution in [2.24, 2.45) is 0 Å². The van der Waals surface area contributed by atoms with Gasteiger partial charge in [0.1, 0.15) is 5.82 Å². The van der Waals surface area contributed by atoms with Crippen LogP contribution in [0.3, 0.4) is 0 Å². The van der Waals surface area contributed by atoms with Crippen molar-refractivity contribution in [1.82, 2.24) is 0 Å². The first-order valence-corrected chi connectivity index (χ1v) is 13.0. The maximum absolute atomic E-state index is 13.5. The van der Waals surface area contributed by atoms with Gasteiger partial charge in [0.25, 0.3) is 10.0 Å². The van der Waals surface area contributed by atoms with Gasteiger partial charge in [0.15, 0.2) is 11.6 Å². The van der Waals surface area contributed by atoms with E-state index in [-0.39, 0.29) is 17.8 Å². The predicted molar refractivity (Wildman–Crippen MR) is 118 cm³/mol. The summed E-state index contributed by atoms with van der Waals surface area (Å²) in [4.78, 5) is -0.477. The number of nitrogens with one attached hydrogen (secondary N) is 1. The first-order chi connectivity index (χ1) is 15.5. The molecule has 174 valence electrons. The summed E-state index contributed by atoms with van der Waals surface area (Å²) in [6.45, 7) is 0.185. The molecule has 3 aromatic rings. The molecule has 1 aliphatic heterocycles. The van der Waals surface area contributed by atoms with Crippen LogP contribution in [0.5, 0.6) is 0 Å². The average molecular weight is 497 g/mol. The van der Waals surface area contributed by atoms with Gasteiger partial charge in [-0.15, -0.1) is 0 Å². The van der Waals surface area contributed by atoms with Crippen LogP contribution < -0.4 is 9.03 Å². The van der Waals surface area contributed by atoms with Crippen LogP contribution in [0.25, 0.3) is 0 Å². The fraction of sp³-hybridized carbons (Fsp3) is 0.182. The molecule has 1 heterocycles. The smallest absolute Gasteiger partial charge is 0.262 e. The monoisotopic (exact) mass is 496 g/mol. The molecule has 0 atom stereocenters. The Bertz CT molecular complexity index is 1430. The van der Waals surface area contributed by atoms with E-state index in [0.29, 0.717) is 36.2 Å². The van der Waals surface area contributed by atoms with Crippen LogP contribution in [0.1, 0.15) is 17.5 Å². The first kappa shape index (κ1) is 23.1. The largest absolute Gasteiger partial charge is 0.280 e. The van der Waals surface area contributed by atoms with Crippen molar-refractivity contribution >= 4 is 31.4 Å². The van der Waals surface area contributed by atoms with Gasteiger partial charge in [-0.1, -0.05) is 18.2 Å². The molecule has 0 saturated carbocycles. The summed E-state index contributed by atoms with van der Waals surface area (Å²) >= 11 is 0. The number of rotatable bonds is 6. The molecule has 33 heavy (non-hydrogen) atoms. The van der Waals surface area contributed by atoms with E-state index in [2.05, 4.69) is 4.72 Å². The van der Waals surface area contributed by atoms with Crippen LogP contribution in [0.15, 0.2) is 65.6 Å². The van der Waals surface area contributed by atoms with Crippen LogP contribution in [0.4, 0.5) is 24.5 Å². The van der Waals surface area contributed by atoms with Crippen molar-refractivity contribution in [3.8, 4) is 0 Å². The Morgan fingerprint density at radius 2 is 1.67 bits per heavy atom. The number of nitrogens with zero attached hydrogens (tertiary/aromatic N) is 1. The van der Waals surface area contributed by atoms with Gasteiger partial charge < -0.3 is 0 Å². The highest BCUT2D eigenvalue weighted by Gasteiger charge is 2.28. The third-order valence-electron chi connectivity index (χ3n) is 5.19. The van der Waals surface area contributed by atoms with Crippen molar-refractivity contribution in [2.75, 3.05) is 15.6 Å². The van der Waals surface area contributed by atoms with Crippen molar-refractivity contribution < 1.29 is 30.0 Å². The molecule has 1 N–H and O–H groups in total. The van der Waals surface area contributed by atoms with Crippen molar-refractivity contribution in [2.45, 2.75) is 23.5 Å². The summed E-state index contributed by atoms with van der Waals surface area (Å²) in [5, 5.41) is 0. The topological polar surface area (TPSA) is 83.6 Å². The summed E-state index contributed by atoms with van der Waals surface area (Å²) in [6.07, 6.45) is 1.16. The second-order valence-electron chi connectivity index (χ2n) is 7.59. The van der Waals surface area contributed by atoms with E-state index < -0.39 is 48.1 Å². The van der Waals surface area contributed by atoms with Gasteiger partial charge in [-0.05, 0) is 66.4 Å². The highest BCUT2D eigenvalue weighted by molar-refractivity contribution is 7.92. The minimum absolute atomic E-state index is 0.0614. The molecule has 11 heteroatoms. The van der Waals surface area contributed by atoms with E-state index in [1.54, 1.807) is 6.07 Å². The first-order valence-electron chi connectivity index (χ1n) is 9.91. The lowest BCUT2D eigenvalue weighted by molar-refractivity contribution is 0.504. The maximum atomic E-state index is 13.5. The van der Waals surface area contributed by atoms with Crippen molar-refractivity contribution in [3.63, 3.8) is 0 Å². The van der Waals surface area contributed by atoms with Crippen LogP contribution in [0, 0.1) is 17.5 Å². The molecule has 0 spiro atoms. The summed E-state index contributed by atoms with van der Waals surface area (Å²) in [7, 11) is -8.14. The molecule has 0 saturated heterocycles. The Morgan fingerprint density at radius 3 is 2.39 bits per heavy atom. The summed E-state index contributed by atoms with van der Waals surface area (Å²) < 4.78 is 95.1. The average Bonchev–Trinajstić information content (AvgIpc) is 2.74. The van der Waals surface area contributed by atoms with E-state index in [1.807, 2.05) is 0 Å². The lowest BCUT2D eigenvalue weighted by Gasteiger charge is -2.31. The van der Waals surface area contributed by atoms with E-state index >= 15 is 0 Å². The maximum Gasteiger partial charge on any atom is 0.262 e. The van der Waals surface area contributed by atoms with Crippen LogP contribution in [0.2, 0.25) is 0 Å². The molecule has 0 bridgehead atoms. The Morgan fingerprint density at radius 1 is 0.879 bits per heavy atom. The van der Waals surface area contributed by atoms with Crippen LogP contribution >= 0.6 is 0 Å². The van der Waals surface area contributed by atoms with Gasteiger partial charge in [0.05, 0.1) is 22.0 Å². The van der Waals surface area contributed by atoms with Crippen LogP contribution in [-0.4, -0.2) is 23.4 Å². The molecular formula is C22H19F3N2O4S2. The summed E-state index contributed by atoms with van der Waals surface area (Å²) in [6, 6.07) is 12.0. The molecule has 6 nitrogen and oxygen atoms in total. The SMILES string of the molecule is O=S(=O)(Nc1ccc2c(c1)N(S(=O)(=O)Cc1cccc(F)c1)CCC2)c1ccc(F)c(F)c1. The molecule has 0 fully saturated rings. The molecule has 0 aliphatic carbocycles. The minimum atomic E-state index is -4.25. The molecule has 3 aromatic carbocycles. The third kappa shape index (κ3) is 4.98. The second kappa shape index (κ2) is 8.71. The van der Waals surface area contributed by atoms with Gasteiger partial charge in [-0.25, -0.2) is 30.0 Å². The molecule has 1 aliphatic rings. The highest BCUT2D eigenvalue weighted by Crippen LogP contribution is 2.33. The lowest BCUT2D eigenvalue weighted by atomic mass is 10.0. The summed E-state index contributed by atoms with van der Waals surface area (Å²) in [5.74, 6) is -3.45. The third-order valence-corrected chi connectivity index (χ3v) is 8.32. The van der Waals surface area contributed by atoms with Gasteiger partial charge in [0.2, 0.25) is 10.0 Å². The fourth-order valence-corrected chi connectivity index (χ4v) is 6.36. The van der Waals surface area contributed by atoms with E-state index in [0.717, 1.165) is 12.1 Å². The van der Waals surface area contributed by atoms with E-state index in [4.69, 9.17) is 0 Å². The number of sulfonamides is 2. The Labute approximate surface area is 189 Å². The zero-order chi connectivity index (χ0) is 23.8. The van der Waals surface area contributed by atoms with Gasteiger partial charge >= 0.3 is 0 Å². The lowest BCUT2D eigenvalue weighted by Crippen LogP contribution is -2.36. The predicted octanol–water partition coefficient (Wildman–Crippen LogP) is 4.19. The minimum Gasteiger partial charge on any atom is -0.280 e. The van der Waals surface area contributed by atoms with Gasteiger partial charge in [0, 0.05) is 6.54 Å². The van der Waals surface area contributed by atoms with E-state index in [9.17, 15) is 30.0 Å². The zero-order valence-electron chi connectivity index (χ0n) is 17.1. The number of halogens is 3. The molecule has 0 amide bonds. The fourth-order valence-electron chi connectivity index (χ4n) is 3.67. The molecule has 4 rings (SSSR count). The molecular weight excluding hydrogens is 477 g/mol. The summed E-state index contributed by atoms with van der Waals surface area (Å²) in [5.41, 5.74) is 1.37. The number of fused-ring (bicyclic) bond motifs is 1. The van der Waals surface area contributed by atoms with Gasteiger partial charge in [-0.3, -0.25) is 9.03 Å². The van der Waals surface area contributed by atoms with Crippen molar-refractivity contribution in [3.05, 3.63) is 89.2 Å². The molecule has 0 unspecified atom stereocenters. The number of aryl methyl sites for hydroxylation is 1. The quantitative estimate of drug-likeness (QED) is 0.555. The second-order valence-corrected chi connectivity index (χ2v) is 11.2. The molecule has 0 radical (unpaired) electrons. The number of benzene rings is 3. The number of hydrogen-bond acceptors (Lipinski definition) is 4. The van der Waals surface area contributed by atoms with Crippen LogP contribution in [-0.2, 0) is 32.2 Å². The molecule has 0 aromatic heterocycles. The Hall–Kier alpha value is -3.05. The normalized spacial score (nSPS) is 14.1. The Balaban J connectivity index is 1.65.